The molecule has 0 aromatic carbocycles. The van der Waals surface area contributed by atoms with E-state index in [1.54, 1.807) is 30.2 Å². The van der Waals surface area contributed by atoms with E-state index in [4.69, 9.17) is 10.5 Å². The van der Waals surface area contributed by atoms with E-state index in [9.17, 15) is 9.59 Å². The third-order valence-corrected chi connectivity index (χ3v) is 3.60. The molecule has 0 spiro atoms. The van der Waals surface area contributed by atoms with Crippen LogP contribution >= 0.6 is 0 Å². The molecule has 0 bridgehead atoms. The average Bonchev–Trinajstić information content (AvgIpc) is 2.54. The van der Waals surface area contributed by atoms with Gasteiger partial charge in [-0.2, -0.15) is 0 Å². The van der Waals surface area contributed by atoms with Gasteiger partial charge in [0.25, 0.3) is 5.91 Å². The summed E-state index contributed by atoms with van der Waals surface area (Å²) in [5.41, 5.74) is 6.79. The molecule has 6 nitrogen and oxygen atoms in total. The number of carbonyl (C=O) groups is 2. The number of esters is 1. The summed E-state index contributed by atoms with van der Waals surface area (Å²) in [5, 5.41) is 0. The highest BCUT2D eigenvalue weighted by molar-refractivity contribution is 5.94. The SMILES string of the molecule is CCOC(=O)C1CCCN(C(=O)c2ccnc(CN)c2)C1. The van der Waals surface area contributed by atoms with Crippen LogP contribution in [0.4, 0.5) is 0 Å². The van der Waals surface area contributed by atoms with Crippen LogP contribution in [0.5, 0.6) is 0 Å². The molecule has 1 fully saturated rings. The maximum absolute atomic E-state index is 12.5. The van der Waals surface area contributed by atoms with Crippen LogP contribution in [0.1, 0.15) is 35.8 Å². The number of likely N-dealkylation sites (tertiary alicyclic amines) is 1. The molecule has 21 heavy (non-hydrogen) atoms. The number of hydrogen-bond acceptors (Lipinski definition) is 5. The van der Waals surface area contributed by atoms with Crippen molar-refractivity contribution in [3.8, 4) is 0 Å². The van der Waals surface area contributed by atoms with Gasteiger partial charge in [-0.1, -0.05) is 0 Å². The number of nitrogens with two attached hydrogens (primary N) is 1. The Bertz CT molecular complexity index is 519. The Hall–Kier alpha value is -1.95. The first-order chi connectivity index (χ1) is 10.2. The molecule has 1 unspecified atom stereocenters. The van der Waals surface area contributed by atoms with E-state index < -0.39 is 0 Å². The molecule has 1 saturated heterocycles. The molecule has 2 N–H and O–H groups in total. The predicted octanol–water partition coefficient (Wildman–Crippen LogP) is 0.956. The zero-order valence-corrected chi connectivity index (χ0v) is 12.2. The van der Waals surface area contributed by atoms with Crippen LogP contribution < -0.4 is 5.73 Å². The maximum Gasteiger partial charge on any atom is 0.310 e. The Labute approximate surface area is 124 Å². The zero-order valence-electron chi connectivity index (χ0n) is 12.2. The second kappa shape index (κ2) is 7.17. The molecule has 2 heterocycles. The number of ether oxygens (including phenoxy) is 1. The first kappa shape index (κ1) is 15.4. The highest BCUT2D eigenvalue weighted by Gasteiger charge is 2.29. The Morgan fingerprint density at radius 2 is 2.33 bits per heavy atom. The second-order valence-electron chi connectivity index (χ2n) is 5.08. The summed E-state index contributed by atoms with van der Waals surface area (Å²) < 4.78 is 5.05. The van der Waals surface area contributed by atoms with Crippen molar-refractivity contribution in [1.82, 2.24) is 9.88 Å². The van der Waals surface area contributed by atoms with Gasteiger partial charge >= 0.3 is 5.97 Å². The lowest BCUT2D eigenvalue weighted by Crippen LogP contribution is -2.42. The van der Waals surface area contributed by atoms with Crippen LogP contribution in [-0.4, -0.2) is 41.5 Å². The Kier molecular flexibility index (Phi) is 5.27. The molecule has 1 aromatic rings. The van der Waals surface area contributed by atoms with Gasteiger partial charge < -0.3 is 15.4 Å². The number of rotatable bonds is 4. The Morgan fingerprint density at radius 3 is 3.05 bits per heavy atom. The zero-order chi connectivity index (χ0) is 15.2. The molecule has 6 heteroatoms. The minimum atomic E-state index is -0.224. The summed E-state index contributed by atoms with van der Waals surface area (Å²) in [6.07, 6.45) is 3.17. The molecule has 1 amide bonds. The van der Waals surface area contributed by atoms with Crippen LogP contribution in [0, 0.1) is 5.92 Å². The fourth-order valence-electron chi connectivity index (χ4n) is 2.52. The van der Waals surface area contributed by atoms with E-state index in [0.29, 0.717) is 37.5 Å². The van der Waals surface area contributed by atoms with Gasteiger partial charge in [-0.05, 0) is 31.9 Å². The molecule has 114 valence electrons. The third-order valence-electron chi connectivity index (χ3n) is 3.60. The molecule has 1 aliphatic rings. The number of amides is 1. The highest BCUT2D eigenvalue weighted by atomic mass is 16.5. The summed E-state index contributed by atoms with van der Waals surface area (Å²) in [5.74, 6) is -0.521. The van der Waals surface area contributed by atoms with E-state index in [2.05, 4.69) is 4.98 Å². The molecule has 1 aromatic heterocycles. The predicted molar refractivity (Wildman–Crippen MR) is 77.4 cm³/mol. The van der Waals surface area contributed by atoms with Crippen LogP contribution in [0.2, 0.25) is 0 Å². The minimum absolute atomic E-state index is 0.0823. The van der Waals surface area contributed by atoms with Crippen LogP contribution in [0.25, 0.3) is 0 Å². The van der Waals surface area contributed by atoms with Crippen LogP contribution in [-0.2, 0) is 16.1 Å². The van der Waals surface area contributed by atoms with Crippen LogP contribution in [0.3, 0.4) is 0 Å². The first-order valence-corrected chi connectivity index (χ1v) is 7.26. The van der Waals surface area contributed by atoms with Gasteiger partial charge in [0.15, 0.2) is 0 Å². The van der Waals surface area contributed by atoms with Gasteiger partial charge in [0.2, 0.25) is 0 Å². The Balaban J connectivity index is 2.06. The number of pyridine rings is 1. The summed E-state index contributed by atoms with van der Waals surface area (Å²) in [6.45, 7) is 3.53. The van der Waals surface area contributed by atoms with Crippen molar-refractivity contribution in [1.29, 1.82) is 0 Å². The molecule has 2 rings (SSSR count). The fraction of sp³-hybridized carbons (Fsp3) is 0.533. The number of piperidine rings is 1. The fourth-order valence-corrected chi connectivity index (χ4v) is 2.52. The van der Waals surface area contributed by atoms with E-state index >= 15 is 0 Å². The van der Waals surface area contributed by atoms with Crippen molar-refractivity contribution in [3.63, 3.8) is 0 Å². The summed E-state index contributed by atoms with van der Waals surface area (Å²) in [7, 11) is 0. The van der Waals surface area contributed by atoms with Gasteiger partial charge in [-0.15, -0.1) is 0 Å². The lowest BCUT2D eigenvalue weighted by Gasteiger charge is -2.31. The second-order valence-corrected chi connectivity index (χ2v) is 5.08. The first-order valence-electron chi connectivity index (χ1n) is 7.26. The van der Waals surface area contributed by atoms with Crippen molar-refractivity contribution < 1.29 is 14.3 Å². The highest BCUT2D eigenvalue weighted by Crippen LogP contribution is 2.20. The van der Waals surface area contributed by atoms with Crippen molar-refractivity contribution in [3.05, 3.63) is 29.6 Å². The van der Waals surface area contributed by atoms with Crippen molar-refractivity contribution >= 4 is 11.9 Å². The minimum Gasteiger partial charge on any atom is -0.466 e. The molecule has 1 aliphatic heterocycles. The summed E-state index contributed by atoms with van der Waals surface area (Å²) in [6, 6.07) is 3.38. The average molecular weight is 291 g/mol. The van der Waals surface area contributed by atoms with E-state index in [1.165, 1.54) is 0 Å². The summed E-state index contributed by atoms with van der Waals surface area (Å²) >= 11 is 0. The molecular formula is C15H21N3O3. The monoisotopic (exact) mass is 291 g/mol. The third kappa shape index (κ3) is 3.78. The van der Waals surface area contributed by atoms with Crippen molar-refractivity contribution in [2.45, 2.75) is 26.3 Å². The van der Waals surface area contributed by atoms with E-state index in [-0.39, 0.29) is 17.8 Å². The molecular weight excluding hydrogens is 270 g/mol. The van der Waals surface area contributed by atoms with Gasteiger partial charge in [-0.25, -0.2) is 0 Å². The molecule has 0 aliphatic carbocycles. The van der Waals surface area contributed by atoms with Crippen molar-refractivity contribution in [2.24, 2.45) is 11.7 Å². The smallest absolute Gasteiger partial charge is 0.310 e. The van der Waals surface area contributed by atoms with Gasteiger partial charge in [-0.3, -0.25) is 14.6 Å². The van der Waals surface area contributed by atoms with Gasteiger partial charge in [0, 0.05) is 31.4 Å². The molecule has 1 atom stereocenters. The lowest BCUT2D eigenvalue weighted by molar-refractivity contribution is -0.149. The molecule has 0 radical (unpaired) electrons. The Morgan fingerprint density at radius 1 is 1.52 bits per heavy atom. The topological polar surface area (TPSA) is 85.5 Å². The van der Waals surface area contributed by atoms with Gasteiger partial charge in [0.1, 0.15) is 0 Å². The largest absolute Gasteiger partial charge is 0.466 e. The van der Waals surface area contributed by atoms with Crippen LogP contribution in [0.15, 0.2) is 18.3 Å². The maximum atomic E-state index is 12.5. The normalized spacial score (nSPS) is 18.4. The molecule has 0 saturated carbocycles. The number of hydrogen-bond donors (Lipinski definition) is 1. The summed E-state index contributed by atoms with van der Waals surface area (Å²) in [4.78, 5) is 30.1. The van der Waals surface area contributed by atoms with Gasteiger partial charge in [0.05, 0.1) is 18.2 Å². The standard InChI is InChI=1S/C15H21N3O3/c1-2-21-15(20)12-4-3-7-18(10-12)14(19)11-5-6-17-13(8-11)9-16/h5-6,8,12H,2-4,7,9-10,16H2,1H3. The van der Waals surface area contributed by atoms with E-state index in [1.807, 2.05) is 0 Å². The van der Waals surface area contributed by atoms with E-state index in [0.717, 1.165) is 12.8 Å². The number of nitrogens with zero attached hydrogens (tertiary/aromatic N) is 2. The number of carbonyl (C=O) groups excluding carboxylic acids is 2. The lowest BCUT2D eigenvalue weighted by atomic mass is 9.97. The quantitative estimate of drug-likeness (QED) is 0.835. The number of aromatic nitrogens is 1. The van der Waals surface area contributed by atoms with Crippen molar-refractivity contribution in [2.75, 3.05) is 19.7 Å².